The van der Waals surface area contributed by atoms with E-state index in [1.807, 2.05) is 18.2 Å². The number of nitrogens with zero attached hydrogens (tertiary/aromatic N) is 2. The predicted molar refractivity (Wildman–Crippen MR) is 89.7 cm³/mol. The second-order valence-electron chi connectivity index (χ2n) is 5.22. The molecule has 1 aromatic carbocycles. The van der Waals surface area contributed by atoms with Crippen molar-refractivity contribution < 1.29 is 14.3 Å². The largest absolute Gasteiger partial charge is 0.450 e. The Hall–Kier alpha value is -1.95. The van der Waals surface area contributed by atoms with Crippen molar-refractivity contribution in [3.05, 3.63) is 29.3 Å². The average molecular weight is 340 g/mol. The first-order valence-corrected chi connectivity index (χ1v) is 8.17. The second kappa shape index (κ2) is 8.62. The van der Waals surface area contributed by atoms with Crippen LogP contribution in [0, 0.1) is 0 Å². The Morgan fingerprint density at radius 2 is 1.83 bits per heavy atom. The lowest BCUT2D eigenvalue weighted by molar-refractivity contribution is -0.132. The molecular weight excluding hydrogens is 318 g/mol. The van der Waals surface area contributed by atoms with E-state index in [0.717, 1.165) is 5.69 Å². The number of ether oxygens (including phenoxy) is 1. The number of benzene rings is 1. The highest BCUT2D eigenvalue weighted by Gasteiger charge is 2.24. The molecule has 2 amide bonds. The van der Waals surface area contributed by atoms with E-state index in [2.05, 4.69) is 5.32 Å². The number of carbonyl (C=O) groups is 2. The molecule has 0 bridgehead atoms. The number of halogens is 1. The Morgan fingerprint density at radius 1 is 1.17 bits per heavy atom. The summed E-state index contributed by atoms with van der Waals surface area (Å²) in [4.78, 5) is 27.2. The van der Waals surface area contributed by atoms with Gasteiger partial charge < -0.3 is 19.9 Å². The molecule has 0 atom stereocenters. The van der Waals surface area contributed by atoms with Crippen LogP contribution in [0.3, 0.4) is 0 Å². The quantitative estimate of drug-likeness (QED) is 0.895. The zero-order chi connectivity index (χ0) is 16.7. The van der Waals surface area contributed by atoms with Crippen molar-refractivity contribution in [3.63, 3.8) is 0 Å². The summed E-state index contributed by atoms with van der Waals surface area (Å²) in [5.74, 6) is 0.0769. The van der Waals surface area contributed by atoms with Crippen LogP contribution in [0.4, 0.5) is 10.5 Å². The van der Waals surface area contributed by atoms with E-state index in [4.69, 9.17) is 16.3 Å². The number of rotatable bonds is 5. The van der Waals surface area contributed by atoms with Gasteiger partial charge in [-0.15, -0.1) is 0 Å². The summed E-state index contributed by atoms with van der Waals surface area (Å²) in [7, 11) is 0. The van der Waals surface area contributed by atoms with Crippen molar-refractivity contribution in [1.29, 1.82) is 0 Å². The molecule has 1 aromatic rings. The summed E-state index contributed by atoms with van der Waals surface area (Å²) in [5, 5.41) is 3.80. The number of amides is 2. The summed E-state index contributed by atoms with van der Waals surface area (Å²) in [6.07, 6.45) is 0.0879. The minimum atomic E-state index is -0.306. The lowest BCUT2D eigenvalue weighted by atomic mass is 10.2. The predicted octanol–water partition coefficient (Wildman–Crippen LogP) is 2.44. The summed E-state index contributed by atoms with van der Waals surface area (Å²) in [6.45, 7) is 4.80. The first-order chi connectivity index (χ1) is 11.1. The molecule has 0 saturated carbocycles. The normalized spacial score (nSPS) is 14.5. The molecule has 6 nitrogen and oxygen atoms in total. The molecule has 0 spiro atoms. The molecule has 1 aliphatic heterocycles. The van der Waals surface area contributed by atoms with E-state index in [-0.39, 0.29) is 12.0 Å². The van der Waals surface area contributed by atoms with Gasteiger partial charge >= 0.3 is 6.09 Å². The van der Waals surface area contributed by atoms with Crippen LogP contribution < -0.4 is 5.32 Å². The van der Waals surface area contributed by atoms with E-state index in [9.17, 15) is 9.59 Å². The van der Waals surface area contributed by atoms with Crippen molar-refractivity contribution in [2.75, 3.05) is 44.6 Å². The molecule has 23 heavy (non-hydrogen) atoms. The van der Waals surface area contributed by atoms with Crippen LogP contribution in [0.1, 0.15) is 13.3 Å². The van der Waals surface area contributed by atoms with Gasteiger partial charge in [-0.05, 0) is 19.1 Å². The molecule has 0 radical (unpaired) electrons. The Balaban J connectivity index is 1.71. The molecule has 1 N–H and O–H groups in total. The molecule has 2 rings (SSSR count). The van der Waals surface area contributed by atoms with Gasteiger partial charge in [0.25, 0.3) is 0 Å². The second-order valence-corrected chi connectivity index (χ2v) is 5.63. The maximum atomic E-state index is 12.2. The maximum absolute atomic E-state index is 12.2. The smallest absolute Gasteiger partial charge is 0.409 e. The molecule has 1 saturated heterocycles. The summed E-state index contributed by atoms with van der Waals surface area (Å²) in [6, 6.07) is 7.44. The van der Waals surface area contributed by atoms with Crippen LogP contribution >= 0.6 is 11.6 Å². The van der Waals surface area contributed by atoms with Crippen LogP contribution in [-0.2, 0) is 9.53 Å². The third-order valence-corrected chi connectivity index (χ3v) is 4.02. The Kier molecular flexibility index (Phi) is 6.52. The van der Waals surface area contributed by atoms with Gasteiger partial charge in [0.1, 0.15) is 0 Å². The summed E-state index contributed by atoms with van der Waals surface area (Å²) >= 11 is 6.05. The molecule has 1 fully saturated rings. The maximum Gasteiger partial charge on any atom is 0.409 e. The van der Waals surface area contributed by atoms with Gasteiger partial charge in [-0.2, -0.15) is 0 Å². The molecule has 7 heteroatoms. The fourth-order valence-corrected chi connectivity index (χ4v) is 2.62. The van der Waals surface area contributed by atoms with Crippen molar-refractivity contribution >= 4 is 29.3 Å². The number of carbonyl (C=O) groups excluding carboxylic acids is 2. The van der Waals surface area contributed by atoms with E-state index in [1.54, 1.807) is 22.8 Å². The van der Waals surface area contributed by atoms with E-state index in [0.29, 0.717) is 50.8 Å². The highest BCUT2D eigenvalue weighted by atomic mass is 35.5. The van der Waals surface area contributed by atoms with Crippen LogP contribution in [0.5, 0.6) is 0 Å². The third kappa shape index (κ3) is 5.03. The van der Waals surface area contributed by atoms with Crippen molar-refractivity contribution in [3.8, 4) is 0 Å². The SMILES string of the molecule is CCOC(=O)N1CCN(C(=O)CCNc2ccccc2Cl)CC1. The van der Waals surface area contributed by atoms with Crippen molar-refractivity contribution in [2.24, 2.45) is 0 Å². The zero-order valence-electron chi connectivity index (χ0n) is 13.3. The lowest BCUT2D eigenvalue weighted by Crippen LogP contribution is -2.50. The van der Waals surface area contributed by atoms with Crippen molar-refractivity contribution in [2.45, 2.75) is 13.3 Å². The van der Waals surface area contributed by atoms with Gasteiger partial charge in [0.15, 0.2) is 0 Å². The standard InChI is InChI=1S/C16H22ClN3O3/c1-2-23-16(22)20-11-9-19(10-12-20)15(21)7-8-18-14-6-4-3-5-13(14)17/h3-6,18H,2,7-12H2,1H3. The minimum Gasteiger partial charge on any atom is -0.450 e. The minimum absolute atomic E-state index is 0.0769. The molecule has 0 aromatic heterocycles. The topological polar surface area (TPSA) is 61.9 Å². The molecule has 126 valence electrons. The number of hydrogen-bond acceptors (Lipinski definition) is 4. The van der Waals surface area contributed by atoms with Crippen LogP contribution in [0.2, 0.25) is 5.02 Å². The summed E-state index contributed by atoms with van der Waals surface area (Å²) in [5.41, 5.74) is 0.828. The number of piperazine rings is 1. The fraction of sp³-hybridized carbons (Fsp3) is 0.500. The van der Waals surface area contributed by atoms with Crippen LogP contribution in [0.25, 0.3) is 0 Å². The molecule has 0 unspecified atom stereocenters. The van der Waals surface area contributed by atoms with Gasteiger partial charge in [-0.3, -0.25) is 4.79 Å². The summed E-state index contributed by atoms with van der Waals surface area (Å²) < 4.78 is 4.96. The average Bonchev–Trinajstić information content (AvgIpc) is 2.57. The molecule has 1 heterocycles. The number of hydrogen-bond donors (Lipinski definition) is 1. The van der Waals surface area contributed by atoms with E-state index >= 15 is 0 Å². The van der Waals surface area contributed by atoms with Crippen LogP contribution in [-0.4, -0.2) is 61.1 Å². The highest BCUT2D eigenvalue weighted by Crippen LogP contribution is 2.20. The monoisotopic (exact) mass is 339 g/mol. The van der Waals surface area contributed by atoms with E-state index in [1.165, 1.54) is 0 Å². The zero-order valence-corrected chi connectivity index (χ0v) is 14.0. The number of anilines is 1. The highest BCUT2D eigenvalue weighted by molar-refractivity contribution is 6.33. The van der Waals surface area contributed by atoms with Gasteiger partial charge in [0.2, 0.25) is 5.91 Å². The lowest BCUT2D eigenvalue weighted by Gasteiger charge is -2.34. The number of nitrogens with one attached hydrogen (secondary N) is 1. The fourth-order valence-electron chi connectivity index (χ4n) is 2.42. The Bertz CT molecular complexity index is 545. The molecule has 0 aliphatic carbocycles. The third-order valence-electron chi connectivity index (χ3n) is 3.69. The van der Waals surface area contributed by atoms with Crippen LogP contribution in [0.15, 0.2) is 24.3 Å². The van der Waals surface area contributed by atoms with E-state index < -0.39 is 0 Å². The van der Waals surface area contributed by atoms with Gasteiger partial charge in [0, 0.05) is 39.1 Å². The molecule has 1 aliphatic rings. The van der Waals surface area contributed by atoms with Gasteiger partial charge in [-0.1, -0.05) is 23.7 Å². The van der Waals surface area contributed by atoms with Crippen molar-refractivity contribution in [1.82, 2.24) is 9.80 Å². The number of para-hydroxylation sites is 1. The first kappa shape index (κ1) is 17.4. The molecular formula is C16H22ClN3O3. The Morgan fingerprint density at radius 3 is 2.48 bits per heavy atom. The van der Waals surface area contributed by atoms with Gasteiger partial charge in [0.05, 0.1) is 17.3 Å². The Labute approximate surface area is 141 Å². The first-order valence-electron chi connectivity index (χ1n) is 7.79. The van der Waals surface area contributed by atoms with Gasteiger partial charge in [-0.25, -0.2) is 4.79 Å².